The van der Waals surface area contributed by atoms with Crippen LogP contribution < -0.4 is 0 Å². The van der Waals surface area contributed by atoms with Gasteiger partial charge in [-0.15, -0.1) is 11.3 Å². The molecule has 1 rings (SSSR count). The zero-order valence-electron chi connectivity index (χ0n) is 6.64. The predicted octanol–water partition coefficient (Wildman–Crippen LogP) is 3.40. The average Bonchev–Trinajstić information content (AvgIpc) is 2.13. The molecular formula is C9H12S. The highest BCUT2D eigenvalue weighted by Crippen LogP contribution is 2.21. The molecule has 0 aromatic carbocycles. The Morgan fingerprint density at radius 3 is 2.50 bits per heavy atom. The molecule has 1 aromatic rings. The van der Waals surface area contributed by atoms with Gasteiger partial charge in [0, 0.05) is 9.75 Å². The first-order valence-corrected chi connectivity index (χ1v) is 4.25. The summed E-state index contributed by atoms with van der Waals surface area (Å²) in [6, 6.07) is 2.22. The molecule has 0 aliphatic carbocycles. The minimum absolute atomic E-state index is 1.39. The zero-order valence-corrected chi connectivity index (χ0v) is 7.46. The number of hydrogen-bond donors (Lipinski definition) is 0. The van der Waals surface area contributed by atoms with Crippen LogP contribution in [-0.2, 0) is 0 Å². The summed E-state index contributed by atoms with van der Waals surface area (Å²) in [4.78, 5) is 2.78. The Morgan fingerprint density at radius 2 is 2.10 bits per heavy atom. The van der Waals surface area contributed by atoms with Gasteiger partial charge in [0.05, 0.1) is 0 Å². The van der Waals surface area contributed by atoms with E-state index in [1.807, 2.05) is 11.3 Å². The molecule has 0 bridgehead atoms. The van der Waals surface area contributed by atoms with Gasteiger partial charge in [-0.1, -0.05) is 6.08 Å². The summed E-state index contributed by atoms with van der Waals surface area (Å²) in [7, 11) is 0. The maximum Gasteiger partial charge on any atom is 0.0299 e. The van der Waals surface area contributed by atoms with Gasteiger partial charge in [0.1, 0.15) is 0 Å². The third-order valence-electron chi connectivity index (χ3n) is 1.40. The van der Waals surface area contributed by atoms with Crippen molar-refractivity contribution in [2.75, 3.05) is 0 Å². The fraction of sp³-hybridized carbons (Fsp3) is 0.333. The Hall–Kier alpha value is -0.560. The lowest BCUT2D eigenvalue weighted by Crippen LogP contribution is -1.64. The number of rotatable bonds is 1. The smallest absolute Gasteiger partial charge is 0.0299 e. The van der Waals surface area contributed by atoms with Crippen molar-refractivity contribution in [2.45, 2.75) is 20.8 Å². The molecule has 0 saturated carbocycles. The highest BCUT2D eigenvalue weighted by atomic mass is 32.1. The van der Waals surface area contributed by atoms with E-state index in [1.54, 1.807) is 0 Å². The lowest BCUT2D eigenvalue weighted by Gasteiger charge is -1.84. The Morgan fingerprint density at radius 1 is 1.40 bits per heavy atom. The first-order chi connectivity index (χ1) is 4.74. The third kappa shape index (κ3) is 1.48. The fourth-order valence-electron chi connectivity index (χ4n) is 0.976. The van der Waals surface area contributed by atoms with E-state index in [0.29, 0.717) is 0 Å². The van der Waals surface area contributed by atoms with Crippen LogP contribution in [0.1, 0.15) is 22.2 Å². The Balaban J connectivity index is 3.03. The Bertz CT molecular complexity index is 243. The van der Waals surface area contributed by atoms with Crippen molar-refractivity contribution in [3.05, 3.63) is 27.5 Å². The second-order valence-electron chi connectivity index (χ2n) is 2.40. The van der Waals surface area contributed by atoms with Crippen molar-refractivity contribution in [2.24, 2.45) is 0 Å². The lowest BCUT2D eigenvalue weighted by atomic mass is 10.2. The summed E-state index contributed by atoms with van der Waals surface area (Å²) in [5, 5.41) is 0. The van der Waals surface area contributed by atoms with E-state index in [0.717, 1.165) is 0 Å². The highest BCUT2D eigenvalue weighted by Gasteiger charge is 1.96. The quantitative estimate of drug-likeness (QED) is 0.578. The van der Waals surface area contributed by atoms with E-state index in [9.17, 15) is 0 Å². The summed E-state index contributed by atoms with van der Waals surface area (Å²) in [5.74, 6) is 0. The van der Waals surface area contributed by atoms with Gasteiger partial charge in [0.2, 0.25) is 0 Å². The number of hydrogen-bond acceptors (Lipinski definition) is 1. The molecule has 0 N–H and O–H groups in total. The second-order valence-corrected chi connectivity index (χ2v) is 3.69. The van der Waals surface area contributed by atoms with E-state index >= 15 is 0 Å². The van der Waals surface area contributed by atoms with Crippen LogP contribution in [0.4, 0.5) is 0 Å². The van der Waals surface area contributed by atoms with Crippen molar-refractivity contribution in [3.63, 3.8) is 0 Å². The van der Waals surface area contributed by atoms with Crippen molar-refractivity contribution in [1.82, 2.24) is 0 Å². The molecule has 0 fully saturated rings. The van der Waals surface area contributed by atoms with E-state index in [2.05, 4.69) is 39.0 Å². The van der Waals surface area contributed by atoms with Crippen molar-refractivity contribution in [1.29, 1.82) is 0 Å². The van der Waals surface area contributed by atoms with E-state index in [1.165, 1.54) is 15.3 Å². The minimum Gasteiger partial charge on any atom is -0.141 e. The monoisotopic (exact) mass is 152 g/mol. The first kappa shape index (κ1) is 7.55. The van der Waals surface area contributed by atoms with E-state index in [4.69, 9.17) is 0 Å². The van der Waals surface area contributed by atoms with Gasteiger partial charge in [0.25, 0.3) is 0 Å². The molecule has 1 aromatic heterocycles. The van der Waals surface area contributed by atoms with Crippen molar-refractivity contribution < 1.29 is 0 Å². The van der Waals surface area contributed by atoms with Crippen LogP contribution in [0, 0.1) is 13.8 Å². The predicted molar refractivity (Wildman–Crippen MR) is 48.5 cm³/mol. The van der Waals surface area contributed by atoms with Gasteiger partial charge in [-0.2, -0.15) is 0 Å². The van der Waals surface area contributed by atoms with Crippen LogP contribution in [0.3, 0.4) is 0 Å². The van der Waals surface area contributed by atoms with Crippen LogP contribution in [0.2, 0.25) is 0 Å². The zero-order chi connectivity index (χ0) is 7.56. The SMILES string of the molecule is C/C=C\c1sc(C)cc1C. The molecule has 54 valence electrons. The summed E-state index contributed by atoms with van der Waals surface area (Å²) >= 11 is 1.85. The standard InChI is InChI=1S/C9H12S/c1-4-5-9-7(2)6-8(3)10-9/h4-6H,1-3H3/b5-4-. The van der Waals surface area contributed by atoms with Gasteiger partial charge in [-0.25, -0.2) is 0 Å². The first-order valence-electron chi connectivity index (χ1n) is 3.43. The molecule has 0 amide bonds. The fourth-order valence-corrected chi connectivity index (χ4v) is 1.98. The number of allylic oxidation sites excluding steroid dienone is 1. The van der Waals surface area contributed by atoms with Gasteiger partial charge in [0.15, 0.2) is 0 Å². The summed E-state index contributed by atoms with van der Waals surface area (Å²) < 4.78 is 0. The molecule has 0 unspecified atom stereocenters. The molecule has 10 heavy (non-hydrogen) atoms. The molecule has 0 radical (unpaired) electrons. The van der Waals surface area contributed by atoms with Crippen LogP contribution >= 0.6 is 11.3 Å². The molecule has 1 heteroatoms. The van der Waals surface area contributed by atoms with Gasteiger partial charge < -0.3 is 0 Å². The second kappa shape index (κ2) is 3.02. The van der Waals surface area contributed by atoms with Crippen LogP contribution in [-0.4, -0.2) is 0 Å². The topological polar surface area (TPSA) is 0 Å². The Labute approximate surface area is 66.2 Å². The molecular weight excluding hydrogens is 140 g/mol. The molecule has 0 spiro atoms. The minimum atomic E-state index is 1.39. The maximum absolute atomic E-state index is 2.22. The maximum atomic E-state index is 2.22. The summed E-state index contributed by atoms with van der Waals surface area (Å²) in [6.07, 6.45) is 4.24. The van der Waals surface area contributed by atoms with E-state index in [-0.39, 0.29) is 0 Å². The normalized spacial score (nSPS) is 11.1. The highest BCUT2D eigenvalue weighted by molar-refractivity contribution is 7.13. The van der Waals surface area contributed by atoms with Crippen LogP contribution in [0.5, 0.6) is 0 Å². The summed E-state index contributed by atoms with van der Waals surface area (Å²) in [5.41, 5.74) is 1.39. The molecule has 1 heterocycles. The van der Waals surface area contributed by atoms with Crippen LogP contribution in [0.15, 0.2) is 12.1 Å². The van der Waals surface area contributed by atoms with Gasteiger partial charge in [-0.3, -0.25) is 0 Å². The largest absolute Gasteiger partial charge is 0.141 e. The average molecular weight is 152 g/mol. The van der Waals surface area contributed by atoms with Crippen molar-refractivity contribution in [3.8, 4) is 0 Å². The molecule has 0 nitrogen and oxygen atoms in total. The molecule has 0 aliphatic heterocycles. The number of thiophene rings is 1. The molecule has 0 aliphatic rings. The van der Waals surface area contributed by atoms with E-state index < -0.39 is 0 Å². The number of aryl methyl sites for hydroxylation is 2. The van der Waals surface area contributed by atoms with Crippen molar-refractivity contribution >= 4 is 17.4 Å². The van der Waals surface area contributed by atoms with Gasteiger partial charge in [-0.05, 0) is 38.5 Å². The Kier molecular flexibility index (Phi) is 2.28. The van der Waals surface area contributed by atoms with Crippen LogP contribution in [0.25, 0.3) is 6.08 Å². The van der Waals surface area contributed by atoms with Gasteiger partial charge >= 0.3 is 0 Å². The third-order valence-corrected chi connectivity index (χ3v) is 2.52. The molecule has 0 atom stereocenters. The molecule has 0 saturated heterocycles. The summed E-state index contributed by atoms with van der Waals surface area (Å²) in [6.45, 7) is 6.35. The lowest BCUT2D eigenvalue weighted by molar-refractivity contribution is 1.49.